The van der Waals surface area contributed by atoms with Crippen molar-refractivity contribution in [2.45, 2.75) is 31.8 Å². The Bertz CT molecular complexity index is 193. The highest BCUT2D eigenvalue weighted by atomic mass is 32.2. The summed E-state index contributed by atoms with van der Waals surface area (Å²) in [5.74, 6) is 2.40. The van der Waals surface area contributed by atoms with E-state index in [0.717, 1.165) is 30.8 Å². The van der Waals surface area contributed by atoms with E-state index in [9.17, 15) is 4.79 Å². The van der Waals surface area contributed by atoms with Gasteiger partial charge in [0, 0.05) is 5.75 Å². The second-order valence-corrected chi connectivity index (χ2v) is 5.05. The summed E-state index contributed by atoms with van der Waals surface area (Å²) in [6.45, 7) is 2.05. The zero-order valence-electron chi connectivity index (χ0n) is 7.34. The minimum Gasteiger partial charge on any atom is -0.458 e. The third-order valence-corrected chi connectivity index (χ3v) is 3.75. The van der Waals surface area contributed by atoms with E-state index >= 15 is 0 Å². The lowest BCUT2D eigenvalue weighted by Gasteiger charge is -2.23. The summed E-state index contributed by atoms with van der Waals surface area (Å²) in [4.78, 5) is 11.3. The number of carbonyl (C=O) groups excluding carboxylic acids is 1. The number of rotatable bonds is 2. The standard InChI is InChI=1S/C9H14O2S/c1-9(4-5-12-6-9)11-8(10)7-2-3-7/h7H,2-6H2,1H3. The maximum Gasteiger partial charge on any atom is 0.309 e. The van der Waals surface area contributed by atoms with Crippen LogP contribution in [0.25, 0.3) is 0 Å². The molecule has 0 aromatic rings. The van der Waals surface area contributed by atoms with Gasteiger partial charge in [0.05, 0.1) is 5.92 Å². The van der Waals surface area contributed by atoms with E-state index in [1.165, 1.54) is 0 Å². The summed E-state index contributed by atoms with van der Waals surface area (Å²) in [5.41, 5.74) is -0.148. The average molecular weight is 186 g/mol. The molecule has 1 atom stereocenters. The highest BCUT2D eigenvalue weighted by Gasteiger charge is 2.38. The van der Waals surface area contributed by atoms with Crippen molar-refractivity contribution in [3.05, 3.63) is 0 Å². The van der Waals surface area contributed by atoms with Gasteiger partial charge < -0.3 is 4.74 Å². The Hall–Kier alpha value is -0.180. The molecule has 0 aromatic carbocycles. The predicted octanol–water partition coefficient (Wildman–Crippen LogP) is 1.84. The van der Waals surface area contributed by atoms with Crippen LogP contribution in [0.5, 0.6) is 0 Å². The number of hydrogen-bond donors (Lipinski definition) is 0. The molecule has 1 unspecified atom stereocenters. The van der Waals surface area contributed by atoms with Gasteiger partial charge in [0.25, 0.3) is 0 Å². The molecule has 68 valence electrons. The smallest absolute Gasteiger partial charge is 0.309 e. The van der Waals surface area contributed by atoms with Crippen LogP contribution in [-0.2, 0) is 9.53 Å². The molecule has 0 bridgehead atoms. The van der Waals surface area contributed by atoms with Crippen LogP contribution < -0.4 is 0 Å². The highest BCUT2D eigenvalue weighted by molar-refractivity contribution is 7.99. The molecule has 0 N–H and O–H groups in total. The van der Waals surface area contributed by atoms with Gasteiger partial charge in [-0.25, -0.2) is 0 Å². The van der Waals surface area contributed by atoms with Gasteiger partial charge in [0.15, 0.2) is 0 Å². The minimum atomic E-state index is -0.148. The highest BCUT2D eigenvalue weighted by Crippen LogP contribution is 2.36. The third-order valence-electron chi connectivity index (χ3n) is 2.44. The number of ether oxygens (including phenoxy) is 1. The summed E-state index contributed by atoms with van der Waals surface area (Å²) in [5, 5.41) is 0. The number of esters is 1. The Kier molecular flexibility index (Phi) is 2.07. The van der Waals surface area contributed by atoms with Crippen molar-refractivity contribution in [3.63, 3.8) is 0 Å². The van der Waals surface area contributed by atoms with Gasteiger partial charge in [-0.1, -0.05) is 0 Å². The number of carbonyl (C=O) groups is 1. The quantitative estimate of drug-likeness (QED) is 0.615. The fourth-order valence-corrected chi connectivity index (χ4v) is 2.73. The van der Waals surface area contributed by atoms with E-state index in [1.807, 2.05) is 18.7 Å². The van der Waals surface area contributed by atoms with Crippen LogP contribution >= 0.6 is 11.8 Å². The number of thioether (sulfide) groups is 1. The van der Waals surface area contributed by atoms with Crippen molar-refractivity contribution in [3.8, 4) is 0 Å². The molecule has 1 aliphatic carbocycles. The van der Waals surface area contributed by atoms with Crippen LogP contribution in [0.1, 0.15) is 26.2 Å². The zero-order chi connectivity index (χ0) is 8.60. The maximum atomic E-state index is 11.3. The lowest BCUT2D eigenvalue weighted by molar-refractivity contribution is -0.157. The monoisotopic (exact) mass is 186 g/mol. The molecule has 1 saturated heterocycles. The predicted molar refractivity (Wildman–Crippen MR) is 49.2 cm³/mol. The second kappa shape index (κ2) is 2.95. The molecular weight excluding hydrogens is 172 g/mol. The first kappa shape index (κ1) is 8.42. The SMILES string of the molecule is CC1(OC(=O)C2CC2)CCSC1. The summed E-state index contributed by atoms with van der Waals surface area (Å²) >= 11 is 1.88. The molecule has 0 radical (unpaired) electrons. The van der Waals surface area contributed by atoms with Crippen molar-refractivity contribution in [1.29, 1.82) is 0 Å². The molecule has 1 saturated carbocycles. The Morgan fingerprint density at radius 2 is 2.33 bits per heavy atom. The van der Waals surface area contributed by atoms with Crippen LogP contribution in [-0.4, -0.2) is 23.1 Å². The first-order valence-electron chi connectivity index (χ1n) is 4.50. The van der Waals surface area contributed by atoms with E-state index in [0.29, 0.717) is 0 Å². The Morgan fingerprint density at radius 1 is 1.58 bits per heavy atom. The van der Waals surface area contributed by atoms with Crippen molar-refractivity contribution < 1.29 is 9.53 Å². The Morgan fingerprint density at radius 3 is 2.83 bits per heavy atom. The fourth-order valence-electron chi connectivity index (χ4n) is 1.37. The van der Waals surface area contributed by atoms with Gasteiger partial charge >= 0.3 is 5.97 Å². The van der Waals surface area contributed by atoms with E-state index in [1.54, 1.807) is 0 Å². The largest absolute Gasteiger partial charge is 0.458 e. The molecule has 1 aliphatic heterocycles. The molecule has 2 aliphatic rings. The van der Waals surface area contributed by atoms with E-state index < -0.39 is 0 Å². The third kappa shape index (κ3) is 1.76. The van der Waals surface area contributed by atoms with Crippen LogP contribution in [0.4, 0.5) is 0 Å². The van der Waals surface area contributed by atoms with E-state index in [-0.39, 0.29) is 17.5 Å². The summed E-state index contributed by atoms with van der Waals surface area (Å²) < 4.78 is 5.46. The van der Waals surface area contributed by atoms with E-state index in [4.69, 9.17) is 4.74 Å². The van der Waals surface area contributed by atoms with Gasteiger partial charge in [-0.3, -0.25) is 4.79 Å². The summed E-state index contributed by atoms with van der Waals surface area (Å²) in [6.07, 6.45) is 3.11. The minimum absolute atomic E-state index is 0.0417. The van der Waals surface area contributed by atoms with Gasteiger partial charge in [-0.05, 0) is 31.9 Å². The molecule has 0 amide bonds. The summed E-state index contributed by atoms with van der Waals surface area (Å²) in [6, 6.07) is 0. The van der Waals surface area contributed by atoms with Crippen LogP contribution in [0.15, 0.2) is 0 Å². The lowest BCUT2D eigenvalue weighted by Crippen LogP contribution is -2.31. The lowest BCUT2D eigenvalue weighted by atomic mass is 10.1. The molecule has 2 fully saturated rings. The van der Waals surface area contributed by atoms with Gasteiger partial charge in [0.1, 0.15) is 5.60 Å². The van der Waals surface area contributed by atoms with Crippen molar-refractivity contribution >= 4 is 17.7 Å². The Labute approximate surface area is 77.0 Å². The molecular formula is C9H14O2S. The molecule has 0 spiro atoms. The molecule has 2 nitrogen and oxygen atoms in total. The van der Waals surface area contributed by atoms with E-state index in [2.05, 4.69) is 0 Å². The summed E-state index contributed by atoms with van der Waals surface area (Å²) in [7, 11) is 0. The molecule has 12 heavy (non-hydrogen) atoms. The maximum absolute atomic E-state index is 11.3. The van der Waals surface area contributed by atoms with Crippen LogP contribution in [0.2, 0.25) is 0 Å². The van der Waals surface area contributed by atoms with Crippen LogP contribution in [0, 0.1) is 5.92 Å². The Balaban J connectivity index is 1.87. The zero-order valence-corrected chi connectivity index (χ0v) is 8.15. The topological polar surface area (TPSA) is 26.3 Å². The molecule has 2 rings (SSSR count). The molecule has 0 aromatic heterocycles. The average Bonchev–Trinajstić information content (AvgIpc) is 2.77. The van der Waals surface area contributed by atoms with Gasteiger partial charge in [-0.2, -0.15) is 11.8 Å². The first-order valence-corrected chi connectivity index (χ1v) is 5.66. The van der Waals surface area contributed by atoms with Crippen molar-refractivity contribution in [1.82, 2.24) is 0 Å². The molecule has 1 heterocycles. The van der Waals surface area contributed by atoms with Gasteiger partial charge in [0.2, 0.25) is 0 Å². The van der Waals surface area contributed by atoms with Crippen molar-refractivity contribution in [2.75, 3.05) is 11.5 Å². The first-order chi connectivity index (χ1) is 5.70. The molecule has 3 heteroatoms. The van der Waals surface area contributed by atoms with Crippen molar-refractivity contribution in [2.24, 2.45) is 5.92 Å². The normalized spacial score (nSPS) is 35.1. The van der Waals surface area contributed by atoms with Gasteiger partial charge in [-0.15, -0.1) is 0 Å². The number of hydrogen-bond acceptors (Lipinski definition) is 3. The second-order valence-electron chi connectivity index (χ2n) is 3.95. The van der Waals surface area contributed by atoms with Crippen LogP contribution in [0.3, 0.4) is 0 Å². The fraction of sp³-hybridized carbons (Fsp3) is 0.889.